The average Bonchev–Trinajstić information content (AvgIpc) is 3.31. The first kappa shape index (κ1) is 16.1. The molecule has 3 fully saturated rings. The van der Waals surface area contributed by atoms with Gasteiger partial charge in [0.2, 0.25) is 0 Å². The Kier molecular flexibility index (Phi) is 4.35. The van der Waals surface area contributed by atoms with Gasteiger partial charge in [-0.3, -0.25) is 14.4 Å². The molecule has 1 aromatic rings. The van der Waals surface area contributed by atoms with Gasteiger partial charge in [0.25, 0.3) is 5.91 Å². The predicted molar refractivity (Wildman–Crippen MR) is 90.4 cm³/mol. The molecular formula is C18H28N4O2. The molecule has 0 aromatic carbocycles. The van der Waals surface area contributed by atoms with E-state index in [1.54, 1.807) is 0 Å². The second-order valence-electron chi connectivity index (χ2n) is 7.66. The van der Waals surface area contributed by atoms with Crippen molar-refractivity contribution in [1.82, 2.24) is 19.6 Å². The molecule has 0 N–H and O–H groups in total. The molecule has 132 valence electrons. The van der Waals surface area contributed by atoms with Crippen molar-refractivity contribution in [3.05, 3.63) is 18.0 Å². The van der Waals surface area contributed by atoms with E-state index >= 15 is 0 Å². The summed E-state index contributed by atoms with van der Waals surface area (Å²) in [4.78, 5) is 17.0. The van der Waals surface area contributed by atoms with Gasteiger partial charge in [-0.1, -0.05) is 0 Å². The quantitative estimate of drug-likeness (QED) is 0.843. The molecule has 0 bridgehead atoms. The highest BCUT2D eigenvalue weighted by atomic mass is 16.5. The maximum Gasteiger partial charge on any atom is 0.251 e. The van der Waals surface area contributed by atoms with Gasteiger partial charge in [0, 0.05) is 51.5 Å². The van der Waals surface area contributed by atoms with E-state index in [1.165, 1.54) is 5.56 Å². The summed E-state index contributed by atoms with van der Waals surface area (Å²) in [5.74, 6) is 0.238. The van der Waals surface area contributed by atoms with Gasteiger partial charge in [-0.25, -0.2) is 0 Å². The van der Waals surface area contributed by atoms with Crippen molar-refractivity contribution in [3.8, 4) is 0 Å². The SMILES string of the molecule is Cn1cc(CN2CCC3(CCC(C(=O)N4CCCC4)O3)CC2)cn1. The van der Waals surface area contributed by atoms with Gasteiger partial charge >= 0.3 is 0 Å². The number of aromatic nitrogens is 2. The minimum Gasteiger partial charge on any atom is -0.362 e. The maximum atomic E-state index is 12.6. The molecule has 3 aliphatic heterocycles. The molecule has 1 amide bonds. The minimum atomic E-state index is -0.187. The molecule has 24 heavy (non-hydrogen) atoms. The second kappa shape index (κ2) is 6.48. The van der Waals surface area contributed by atoms with Crippen LogP contribution in [0, 0.1) is 0 Å². The third-order valence-corrected chi connectivity index (χ3v) is 5.88. The fourth-order valence-corrected chi connectivity index (χ4v) is 4.43. The molecule has 3 aliphatic rings. The summed E-state index contributed by atoms with van der Waals surface area (Å²) in [5.41, 5.74) is 1.22. The number of rotatable bonds is 3. The Balaban J connectivity index is 1.29. The summed E-state index contributed by atoms with van der Waals surface area (Å²) in [6.45, 7) is 4.88. The monoisotopic (exact) mass is 332 g/mol. The lowest BCUT2D eigenvalue weighted by molar-refractivity contribution is -0.150. The molecule has 4 heterocycles. The van der Waals surface area contributed by atoms with Crippen molar-refractivity contribution in [2.24, 2.45) is 7.05 Å². The van der Waals surface area contributed by atoms with Crippen LogP contribution in [0.1, 0.15) is 44.1 Å². The van der Waals surface area contributed by atoms with Crippen LogP contribution in [-0.4, -0.2) is 63.4 Å². The Morgan fingerprint density at radius 2 is 2.00 bits per heavy atom. The van der Waals surface area contributed by atoms with Gasteiger partial charge < -0.3 is 9.64 Å². The van der Waals surface area contributed by atoms with Crippen LogP contribution in [0.5, 0.6) is 0 Å². The van der Waals surface area contributed by atoms with Crippen molar-refractivity contribution in [3.63, 3.8) is 0 Å². The number of carbonyl (C=O) groups is 1. The molecule has 4 rings (SSSR count). The molecule has 6 nitrogen and oxygen atoms in total. The van der Waals surface area contributed by atoms with Crippen LogP contribution in [0.15, 0.2) is 12.4 Å². The summed E-state index contributed by atoms with van der Waals surface area (Å²) < 4.78 is 8.19. The molecule has 6 heteroatoms. The Hall–Kier alpha value is -1.40. The largest absolute Gasteiger partial charge is 0.362 e. The van der Waals surface area contributed by atoms with Crippen LogP contribution in [0.2, 0.25) is 0 Å². The lowest BCUT2D eigenvalue weighted by atomic mass is 9.88. The lowest BCUT2D eigenvalue weighted by Gasteiger charge is -2.39. The first-order chi connectivity index (χ1) is 11.6. The van der Waals surface area contributed by atoms with Crippen LogP contribution >= 0.6 is 0 Å². The molecule has 0 radical (unpaired) electrons. The van der Waals surface area contributed by atoms with E-state index in [0.29, 0.717) is 0 Å². The van der Waals surface area contributed by atoms with Crippen molar-refractivity contribution in [2.75, 3.05) is 26.2 Å². The molecule has 1 unspecified atom stereocenters. The number of piperidine rings is 1. The first-order valence-electron chi connectivity index (χ1n) is 9.30. The molecule has 3 saturated heterocycles. The molecule has 0 saturated carbocycles. The van der Waals surface area contributed by atoms with Gasteiger partial charge in [0.1, 0.15) is 6.10 Å². The molecule has 1 aromatic heterocycles. The number of nitrogens with zero attached hydrogens (tertiary/aromatic N) is 4. The van der Waals surface area contributed by atoms with Crippen molar-refractivity contribution in [2.45, 2.75) is 56.8 Å². The molecular weight excluding hydrogens is 304 g/mol. The predicted octanol–water partition coefficient (Wildman–Crippen LogP) is 1.56. The summed E-state index contributed by atoms with van der Waals surface area (Å²) in [5, 5.41) is 4.24. The van der Waals surface area contributed by atoms with E-state index in [-0.39, 0.29) is 17.6 Å². The van der Waals surface area contributed by atoms with Crippen LogP contribution in [0.3, 0.4) is 0 Å². The number of hydrogen-bond donors (Lipinski definition) is 0. The Bertz CT molecular complexity index is 586. The summed E-state index contributed by atoms with van der Waals surface area (Å²) in [7, 11) is 1.96. The minimum absolute atomic E-state index is 0.0501. The summed E-state index contributed by atoms with van der Waals surface area (Å²) >= 11 is 0. The van der Waals surface area contributed by atoms with Gasteiger partial charge in [-0.15, -0.1) is 0 Å². The van der Waals surface area contributed by atoms with Crippen molar-refractivity contribution < 1.29 is 9.53 Å². The van der Waals surface area contributed by atoms with Crippen LogP contribution in [-0.2, 0) is 23.1 Å². The zero-order chi connectivity index (χ0) is 16.6. The van der Waals surface area contributed by atoms with E-state index < -0.39 is 0 Å². The Morgan fingerprint density at radius 3 is 2.67 bits per heavy atom. The Labute approximate surface area is 143 Å². The van der Waals surface area contributed by atoms with Crippen molar-refractivity contribution >= 4 is 5.91 Å². The molecule has 0 aliphatic carbocycles. The number of amides is 1. The van der Waals surface area contributed by atoms with E-state index in [4.69, 9.17) is 4.74 Å². The van der Waals surface area contributed by atoms with E-state index in [2.05, 4.69) is 16.2 Å². The lowest BCUT2D eigenvalue weighted by Crippen LogP contribution is -2.45. The number of aryl methyl sites for hydroxylation is 1. The highest BCUT2D eigenvalue weighted by Crippen LogP contribution is 2.39. The van der Waals surface area contributed by atoms with Gasteiger partial charge in [0.15, 0.2) is 0 Å². The van der Waals surface area contributed by atoms with Crippen LogP contribution < -0.4 is 0 Å². The fourth-order valence-electron chi connectivity index (χ4n) is 4.43. The number of ether oxygens (including phenoxy) is 1. The normalized spacial score (nSPS) is 27.2. The third kappa shape index (κ3) is 3.22. The van der Waals surface area contributed by atoms with Gasteiger partial charge in [-0.05, 0) is 38.5 Å². The second-order valence-corrected chi connectivity index (χ2v) is 7.66. The van der Waals surface area contributed by atoms with Crippen LogP contribution in [0.25, 0.3) is 0 Å². The topological polar surface area (TPSA) is 50.6 Å². The van der Waals surface area contributed by atoms with Crippen LogP contribution in [0.4, 0.5) is 0 Å². The van der Waals surface area contributed by atoms with E-state index in [1.807, 2.05) is 22.8 Å². The van der Waals surface area contributed by atoms with Gasteiger partial charge in [-0.2, -0.15) is 5.10 Å². The average molecular weight is 332 g/mol. The first-order valence-corrected chi connectivity index (χ1v) is 9.30. The number of likely N-dealkylation sites (tertiary alicyclic amines) is 2. The zero-order valence-electron chi connectivity index (χ0n) is 14.6. The highest BCUT2D eigenvalue weighted by molar-refractivity contribution is 5.81. The maximum absolute atomic E-state index is 12.6. The molecule has 1 atom stereocenters. The smallest absolute Gasteiger partial charge is 0.251 e. The van der Waals surface area contributed by atoms with E-state index in [9.17, 15) is 4.79 Å². The highest BCUT2D eigenvalue weighted by Gasteiger charge is 2.45. The zero-order valence-corrected chi connectivity index (χ0v) is 14.6. The van der Waals surface area contributed by atoms with Gasteiger partial charge in [0.05, 0.1) is 11.8 Å². The standard InChI is InChI=1S/C18H28N4O2/c1-20-13-15(12-19-20)14-21-10-6-18(7-11-21)5-4-16(24-18)17(23)22-8-2-3-9-22/h12-13,16H,2-11,14H2,1H3. The summed E-state index contributed by atoms with van der Waals surface area (Å²) in [6.07, 6.45) is 10.2. The third-order valence-electron chi connectivity index (χ3n) is 5.88. The van der Waals surface area contributed by atoms with E-state index in [0.717, 1.165) is 71.2 Å². The summed E-state index contributed by atoms with van der Waals surface area (Å²) in [6, 6.07) is 0. The number of carbonyl (C=O) groups excluding carboxylic acids is 1. The number of hydrogen-bond acceptors (Lipinski definition) is 4. The fraction of sp³-hybridized carbons (Fsp3) is 0.778. The van der Waals surface area contributed by atoms with Crippen molar-refractivity contribution in [1.29, 1.82) is 0 Å². The Morgan fingerprint density at radius 1 is 1.25 bits per heavy atom. The molecule has 1 spiro atoms.